The van der Waals surface area contributed by atoms with Gasteiger partial charge in [-0.25, -0.2) is 9.78 Å². The molecule has 8 nitrogen and oxygen atoms in total. The number of aromatic nitrogens is 1. The fourth-order valence-electron chi connectivity index (χ4n) is 6.41. The zero-order valence-corrected chi connectivity index (χ0v) is 23.7. The Hall–Kier alpha value is -3.75. The predicted molar refractivity (Wildman–Crippen MR) is 156 cm³/mol. The lowest BCUT2D eigenvalue weighted by Crippen LogP contribution is -2.48. The molecule has 0 radical (unpaired) electrons. The second-order valence-electron chi connectivity index (χ2n) is 11.3. The summed E-state index contributed by atoms with van der Waals surface area (Å²) in [5.74, 6) is 1.19. The lowest BCUT2D eigenvalue weighted by molar-refractivity contribution is 0.0493. The maximum absolute atomic E-state index is 13.9. The molecule has 2 aromatic carbocycles. The number of amides is 2. The molecule has 214 valence electrons. The number of nitrogens with zero attached hydrogens (tertiary/aromatic N) is 4. The minimum Gasteiger partial charge on any atom is -0.439 e. The number of pyridine rings is 1. The second kappa shape index (κ2) is 12.4. The van der Waals surface area contributed by atoms with Crippen molar-refractivity contribution in [2.45, 2.75) is 57.3 Å². The Morgan fingerprint density at radius 2 is 1.66 bits per heavy atom. The zero-order chi connectivity index (χ0) is 28.2. The Morgan fingerprint density at radius 1 is 0.927 bits per heavy atom. The van der Waals surface area contributed by atoms with E-state index < -0.39 is 0 Å². The molecule has 2 amide bonds. The van der Waals surface area contributed by atoms with Crippen LogP contribution in [0.4, 0.5) is 4.79 Å². The van der Waals surface area contributed by atoms with Gasteiger partial charge in [-0.15, -0.1) is 0 Å². The summed E-state index contributed by atoms with van der Waals surface area (Å²) < 4.78 is 11.5. The molecule has 0 N–H and O–H groups in total. The van der Waals surface area contributed by atoms with Crippen molar-refractivity contribution in [2.75, 3.05) is 32.8 Å². The van der Waals surface area contributed by atoms with Crippen LogP contribution in [0.15, 0.2) is 66.7 Å². The van der Waals surface area contributed by atoms with E-state index in [1.54, 1.807) is 24.3 Å². The lowest BCUT2D eigenvalue weighted by Gasteiger charge is -2.39. The van der Waals surface area contributed by atoms with E-state index in [-0.39, 0.29) is 24.2 Å². The maximum Gasteiger partial charge on any atom is 0.321 e. The third-order valence-corrected chi connectivity index (χ3v) is 8.74. The number of rotatable bonds is 8. The van der Waals surface area contributed by atoms with Crippen molar-refractivity contribution in [1.29, 1.82) is 0 Å². The van der Waals surface area contributed by atoms with E-state index in [0.29, 0.717) is 17.2 Å². The maximum atomic E-state index is 13.9. The molecule has 3 aliphatic rings. The number of carbonyl (C=O) groups excluding carboxylic acids is 2. The minimum absolute atomic E-state index is 0.0942. The molecule has 1 unspecified atom stereocenters. The van der Waals surface area contributed by atoms with Gasteiger partial charge in [0.05, 0.1) is 6.04 Å². The first-order chi connectivity index (χ1) is 20.1. The van der Waals surface area contributed by atoms with Gasteiger partial charge >= 0.3 is 6.03 Å². The second-order valence-corrected chi connectivity index (χ2v) is 11.3. The number of benzene rings is 2. The highest BCUT2D eigenvalue weighted by Crippen LogP contribution is 2.37. The van der Waals surface area contributed by atoms with Crippen molar-refractivity contribution in [1.82, 2.24) is 19.7 Å². The number of hydrogen-bond acceptors (Lipinski definition) is 6. The fraction of sp³-hybridized carbons (Fsp3) is 0.424. The Labute approximate surface area is 241 Å². The highest BCUT2D eigenvalue weighted by Gasteiger charge is 2.45. The van der Waals surface area contributed by atoms with Crippen molar-refractivity contribution in [2.24, 2.45) is 0 Å². The molecule has 0 saturated carbocycles. The molecule has 41 heavy (non-hydrogen) atoms. The van der Waals surface area contributed by atoms with E-state index in [9.17, 15) is 9.59 Å². The molecule has 1 atom stereocenters. The number of ether oxygens (including phenoxy) is 2. The van der Waals surface area contributed by atoms with Crippen LogP contribution in [0.5, 0.6) is 11.6 Å². The average Bonchev–Trinajstić information content (AvgIpc) is 3.37. The van der Waals surface area contributed by atoms with Crippen LogP contribution in [0.2, 0.25) is 0 Å². The first-order valence-electron chi connectivity index (χ1n) is 14.7. The number of urea groups is 1. The van der Waals surface area contributed by atoms with E-state index in [1.165, 1.54) is 11.1 Å². The number of aryl methyl sites for hydroxylation is 1. The summed E-state index contributed by atoms with van der Waals surface area (Å²) in [5, 5.41) is 0. The van der Waals surface area contributed by atoms with Crippen LogP contribution in [0.25, 0.3) is 0 Å². The van der Waals surface area contributed by atoms with Crippen molar-refractivity contribution >= 4 is 12.3 Å². The first kappa shape index (κ1) is 27.4. The van der Waals surface area contributed by atoms with Gasteiger partial charge in [-0.2, -0.15) is 0 Å². The summed E-state index contributed by atoms with van der Waals surface area (Å²) in [6.45, 7) is 6.94. The van der Waals surface area contributed by atoms with Crippen molar-refractivity contribution in [3.8, 4) is 11.6 Å². The van der Waals surface area contributed by atoms with Gasteiger partial charge in [0.15, 0.2) is 0 Å². The predicted octanol–water partition coefficient (Wildman–Crippen LogP) is 5.62. The Bertz CT molecular complexity index is 1340. The normalized spacial score (nSPS) is 20.9. The quantitative estimate of drug-likeness (QED) is 0.337. The summed E-state index contributed by atoms with van der Waals surface area (Å²) in [6.07, 6.45) is 4.57. The van der Waals surface area contributed by atoms with E-state index in [4.69, 9.17) is 9.47 Å². The molecule has 3 saturated heterocycles. The number of hydrogen-bond donors (Lipinski definition) is 0. The third-order valence-electron chi connectivity index (χ3n) is 8.74. The van der Waals surface area contributed by atoms with Crippen LogP contribution >= 0.6 is 0 Å². The SMILES string of the molecule is Cc1nc(Oc2ccc(C=O)cc2)ccc1CN1CCC(N2C(=O)N(C3CCOCC3)CC2c2ccccc2)CC1. The third kappa shape index (κ3) is 6.14. The number of aldehydes is 1. The van der Waals surface area contributed by atoms with Crippen LogP contribution in [0, 0.1) is 6.92 Å². The smallest absolute Gasteiger partial charge is 0.321 e. The van der Waals surface area contributed by atoms with Crippen molar-refractivity contribution in [3.05, 3.63) is 89.1 Å². The molecule has 3 aromatic rings. The van der Waals surface area contributed by atoms with Crippen LogP contribution in [-0.2, 0) is 11.3 Å². The molecule has 0 aliphatic carbocycles. The van der Waals surface area contributed by atoms with E-state index >= 15 is 0 Å². The highest BCUT2D eigenvalue weighted by atomic mass is 16.5. The van der Waals surface area contributed by atoms with Crippen LogP contribution in [-0.4, -0.2) is 76.9 Å². The van der Waals surface area contributed by atoms with Crippen LogP contribution in [0.1, 0.15) is 58.9 Å². The van der Waals surface area contributed by atoms with Gasteiger partial charge in [0, 0.05) is 68.8 Å². The first-order valence-corrected chi connectivity index (χ1v) is 14.7. The zero-order valence-electron chi connectivity index (χ0n) is 23.7. The molecule has 0 bridgehead atoms. The Kier molecular flexibility index (Phi) is 8.30. The summed E-state index contributed by atoms with van der Waals surface area (Å²) in [4.78, 5) is 36.2. The minimum atomic E-state index is 0.0942. The van der Waals surface area contributed by atoms with Gasteiger partial charge < -0.3 is 19.3 Å². The number of piperidine rings is 1. The van der Waals surface area contributed by atoms with Crippen molar-refractivity contribution in [3.63, 3.8) is 0 Å². The van der Waals surface area contributed by atoms with Gasteiger partial charge in [-0.3, -0.25) is 9.69 Å². The Morgan fingerprint density at radius 3 is 2.34 bits per heavy atom. The van der Waals surface area contributed by atoms with Gasteiger partial charge in [0.2, 0.25) is 5.88 Å². The average molecular weight is 555 g/mol. The Balaban J connectivity index is 1.09. The standard InChI is InChI=1S/C33H38N4O4/c1-24-27(9-12-32(34-24)41-30-10-7-25(23-38)8-11-30)21-35-17-13-29(14-18-35)37-31(26-5-3-2-4-6-26)22-36(33(37)39)28-15-19-40-20-16-28/h2-12,23,28-29,31H,13-22H2,1H3. The molecule has 6 rings (SSSR count). The van der Waals surface area contributed by atoms with Crippen molar-refractivity contribution < 1.29 is 19.1 Å². The summed E-state index contributed by atoms with van der Waals surface area (Å²) in [7, 11) is 0. The molecule has 1 aromatic heterocycles. The lowest BCUT2D eigenvalue weighted by atomic mass is 9.98. The highest BCUT2D eigenvalue weighted by molar-refractivity contribution is 5.78. The molecule has 4 heterocycles. The largest absolute Gasteiger partial charge is 0.439 e. The van der Waals surface area contributed by atoms with Gasteiger partial charge in [0.1, 0.15) is 12.0 Å². The molecular weight excluding hydrogens is 516 g/mol. The summed E-state index contributed by atoms with van der Waals surface area (Å²) in [5.41, 5.74) is 3.96. The topological polar surface area (TPSA) is 75.2 Å². The van der Waals surface area contributed by atoms with E-state index in [2.05, 4.69) is 50.0 Å². The van der Waals surface area contributed by atoms with E-state index in [0.717, 1.165) is 77.1 Å². The molecule has 3 fully saturated rings. The van der Waals surface area contributed by atoms with Gasteiger partial charge in [-0.1, -0.05) is 36.4 Å². The number of likely N-dealkylation sites (tertiary alicyclic amines) is 1. The number of carbonyl (C=O) groups is 2. The van der Waals surface area contributed by atoms with Gasteiger partial charge in [-0.05, 0) is 68.0 Å². The molecular formula is C33H38N4O4. The van der Waals surface area contributed by atoms with Crippen LogP contribution < -0.4 is 4.74 Å². The molecule has 3 aliphatic heterocycles. The monoisotopic (exact) mass is 554 g/mol. The van der Waals surface area contributed by atoms with Crippen LogP contribution in [0.3, 0.4) is 0 Å². The van der Waals surface area contributed by atoms with E-state index in [1.807, 2.05) is 19.1 Å². The van der Waals surface area contributed by atoms with Gasteiger partial charge in [0.25, 0.3) is 0 Å². The fourth-order valence-corrected chi connectivity index (χ4v) is 6.41. The molecule has 8 heteroatoms. The summed E-state index contributed by atoms with van der Waals surface area (Å²) >= 11 is 0. The summed E-state index contributed by atoms with van der Waals surface area (Å²) in [6, 6.07) is 22.3. The molecule has 0 spiro atoms.